The van der Waals surface area contributed by atoms with Crippen LogP contribution in [0.1, 0.15) is 50.0 Å². The van der Waals surface area contributed by atoms with Crippen molar-refractivity contribution in [2.24, 2.45) is 5.92 Å². The number of carbonyl (C=O) groups excluding carboxylic acids is 1. The summed E-state index contributed by atoms with van der Waals surface area (Å²) in [5.41, 5.74) is 2.29. The molecular weight excluding hydrogens is 525 g/mol. The number of hydrogen-bond acceptors (Lipinski definition) is 6. The normalized spacial score (nSPS) is 27.5. The molecule has 0 amide bonds. The minimum absolute atomic E-state index is 0.0288. The van der Waals surface area contributed by atoms with Crippen LogP contribution < -0.4 is 4.72 Å². The van der Waals surface area contributed by atoms with Crippen molar-refractivity contribution >= 4 is 57.4 Å². The molecule has 0 aliphatic heterocycles. The highest BCUT2D eigenvalue weighted by molar-refractivity contribution is 14.2. The summed E-state index contributed by atoms with van der Waals surface area (Å²) in [4.78, 5) is 16.0. The summed E-state index contributed by atoms with van der Waals surface area (Å²) in [6.07, 6.45) is 8.24. The van der Waals surface area contributed by atoms with E-state index < -0.39 is 15.3 Å². The van der Waals surface area contributed by atoms with Crippen molar-refractivity contribution < 1.29 is 17.9 Å². The highest BCUT2D eigenvalue weighted by Gasteiger charge is 2.43. The van der Waals surface area contributed by atoms with Gasteiger partial charge in [0.25, 0.3) is 0 Å². The first kappa shape index (κ1) is 21.4. The molecule has 2 saturated carbocycles. The summed E-state index contributed by atoms with van der Waals surface area (Å²) in [5.74, 6) is -0.172. The van der Waals surface area contributed by atoms with Crippen molar-refractivity contribution in [1.29, 1.82) is 0 Å². The van der Waals surface area contributed by atoms with Gasteiger partial charge in [0.1, 0.15) is 0 Å². The average molecular weight is 549 g/mol. The largest absolute Gasteiger partial charge is 0.469 e. The average Bonchev–Trinajstić information content (AvgIpc) is 3.05. The zero-order chi connectivity index (χ0) is 20.6. The van der Waals surface area contributed by atoms with Gasteiger partial charge in [0.15, 0.2) is 5.65 Å². The summed E-state index contributed by atoms with van der Waals surface area (Å²) in [6, 6.07) is 4.05. The summed E-state index contributed by atoms with van der Waals surface area (Å²) < 4.78 is 34.9. The number of halogens is 1. The molecule has 0 radical (unpaired) electrons. The number of nitrogens with one attached hydrogen (secondary N) is 1. The van der Waals surface area contributed by atoms with Crippen molar-refractivity contribution in [2.75, 3.05) is 7.11 Å². The van der Waals surface area contributed by atoms with Crippen LogP contribution in [0.25, 0.3) is 11.0 Å². The maximum Gasteiger partial charge on any atom is 0.308 e. The fourth-order valence-corrected chi connectivity index (χ4v) is 7.59. The molecule has 0 spiro atoms. The molecule has 7 nitrogen and oxygen atoms in total. The molecule has 0 bridgehead atoms. The maximum absolute atomic E-state index is 12.6. The molecule has 29 heavy (non-hydrogen) atoms. The second-order valence-electron chi connectivity index (χ2n) is 7.88. The van der Waals surface area contributed by atoms with E-state index in [1.807, 2.05) is 12.3 Å². The molecule has 158 valence electrons. The lowest BCUT2D eigenvalue weighted by atomic mass is 9.82. The van der Waals surface area contributed by atoms with Gasteiger partial charge in [0.2, 0.25) is 10.0 Å². The van der Waals surface area contributed by atoms with Gasteiger partial charge >= 0.3 is 5.97 Å². The minimum Gasteiger partial charge on any atom is -0.469 e. The molecule has 0 saturated heterocycles. The van der Waals surface area contributed by atoms with Crippen molar-refractivity contribution in [2.45, 2.75) is 55.7 Å². The summed E-state index contributed by atoms with van der Waals surface area (Å²) in [7, 11) is -0.443. The van der Waals surface area contributed by atoms with Gasteiger partial charge in [-0.25, -0.2) is 18.1 Å². The van der Waals surface area contributed by atoms with Crippen molar-refractivity contribution in [1.82, 2.24) is 13.7 Å². The zero-order valence-electron chi connectivity index (χ0n) is 16.1. The Balaban J connectivity index is 1.36. The molecule has 2 aromatic rings. The number of pyridine rings is 1. The summed E-state index contributed by atoms with van der Waals surface area (Å²) in [5, 5.41) is 0.707. The monoisotopic (exact) mass is 549 g/mol. The van der Waals surface area contributed by atoms with Crippen LogP contribution in [0.2, 0.25) is 0 Å². The third-order valence-corrected chi connectivity index (χ3v) is 9.83. The van der Waals surface area contributed by atoms with Crippen LogP contribution in [0.5, 0.6) is 0 Å². The fourth-order valence-electron chi connectivity index (χ4n) is 4.46. The highest BCUT2D eigenvalue weighted by Crippen LogP contribution is 2.39. The summed E-state index contributed by atoms with van der Waals surface area (Å²) in [6.45, 7) is 0. The van der Waals surface area contributed by atoms with E-state index in [1.54, 1.807) is 9.12 Å². The number of hydrogen-bond donors (Lipinski definition) is 1. The quantitative estimate of drug-likeness (QED) is 0.436. The second-order valence-corrected chi connectivity index (χ2v) is 11.6. The number of sulfonamides is 1. The minimum atomic E-state index is -3.39. The molecule has 2 fully saturated rings. The smallest absolute Gasteiger partial charge is 0.308 e. The van der Waals surface area contributed by atoms with Crippen molar-refractivity contribution in [3.8, 4) is 0 Å². The van der Waals surface area contributed by atoms with Gasteiger partial charge in [-0.3, -0.25) is 8.77 Å². The number of nitrogens with zero attached hydrogens (tertiary/aromatic N) is 2. The Labute approximate surface area is 187 Å². The van der Waals surface area contributed by atoms with Crippen LogP contribution >= 0.6 is 30.3 Å². The maximum atomic E-state index is 12.6. The van der Waals surface area contributed by atoms with Gasteiger partial charge in [-0.1, -0.05) is 0 Å². The van der Waals surface area contributed by atoms with Crippen LogP contribution in [0.15, 0.2) is 24.5 Å². The lowest BCUT2D eigenvalue weighted by Gasteiger charge is -2.35. The van der Waals surface area contributed by atoms with E-state index in [0.29, 0.717) is 18.8 Å². The molecule has 2 heterocycles. The molecular formula is C19H24IN3O4S2. The predicted octanol–water partition coefficient (Wildman–Crippen LogP) is 3.78. The van der Waals surface area contributed by atoms with Crippen molar-refractivity contribution in [3.63, 3.8) is 0 Å². The number of methoxy groups -OCH3 is 1. The zero-order valence-corrected chi connectivity index (χ0v) is 19.9. The number of esters is 1. The lowest BCUT2D eigenvalue weighted by Crippen LogP contribution is -2.49. The molecule has 2 aliphatic rings. The SMILES string of the molecule is COC(=O)C1CC(S(=O)(=O)NC2CCC(c3cn(SI)c4ncccc34)CC2)C1. The predicted molar refractivity (Wildman–Crippen MR) is 122 cm³/mol. The number of fused-ring (bicyclic) bond motifs is 1. The standard InChI is InChI=1S/C19H24IN3O4S2/c1-27-19(24)13-9-15(10-13)29(25,26)22-14-6-4-12(5-7-14)17-11-23(28-20)18-16(17)3-2-8-21-18/h2-3,8,11-15,22H,4-7,9-10H2,1H3. The Morgan fingerprint density at radius 1 is 1.31 bits per heavy atom. The van der Waals surface area contributed by atoms with Gasteiger partial charge in [-0.15, -0.1) is 0 Å². The molecule has 2 aliphatic carbocycles. The number of aromatic nitrogens is 2. The first-order valence-electron chi connectivity index (χ1n) is 9.77. The third kappa shape index (κ3) is 4.31. The Morgan fingerprint density at radius 2 is 2.03 bits per heavy atom. The lowest BCUT2D eigenvalue weighted by molar-refractivity contribution is -0.148. The van der Waals surface area contributed by atoms with E-state index >= 15 is 0 Å². The molecule has 4 rings (SSSR count). The molecule has 10 heteroatoms. The van der Waals surface area contributed by atoms with E-state index in [2.05, 4.69) is 47.1 Å². The summed E-state index contributed by atoms with van der Waals surface area (Å²) >= 11 is 2.26. The Kier molecular flexibility index (Phi) is 6.43. The first-order valence-corrected chi connectivity index (χ1v) is 14.6. The van der Waals surface area contributed by atoms with Crippen LogP contribution in [0.4, 0.5) is 0 Å². The highest BCUT2D eigenvalue weighted by atomic mass is 127. The van der Waals surface area contributed by atoms with Gasteiger partial charge in [0, 0.05) is 54.1 Å². The molecule has 0 aromatic carbocycles. The number of carbonyl (C=O) groups is 1. The molecule has 0 atom stereocenters. The van der Waals surface area contributed by atoms with Gasteiger partial charge in [-0.2, -0.15) is 0 Å². The van der Waals surface area contributed by atoms with E-state index in [0.717, 1.165) is 31.3 Å². The van der Waals surface area contributed by atoms with Gasteiger partial charge < -0.3 is 4.74 Å². The van der Waals surface area contributed by atoms with E-state index in [9.17, 15) is 13.2 Å². The van der Waals surface area contributed by atoms with Crippen LogP contribution in [-0.2, 0) is 19.6 Å². The van der Waals surface area contributed by atoms with E-state index in [1.165, 1.54) is 18.1 Å². The van der Waals surface area contributed by atoms with Gasteiger partial charge in [0.05, 0.1) is 18.3 Å². The second kappa shape index (κ2) is 8.72. The van der Waals surface area contributed by atoms with Gasteiger partial charge in [-0.05, 0) is 62.1 Å². The van der Waals surface area contributed by atoms with Crippen LogP contribution in [-0.4, -0.2) is 41.7 Å². The molecule has 2 aromatic heterocycles. The van der Waals surface area contributed by atoms with Crippen LogP contribution in [0.3, 0.4) is 0 Å². The van der Waals surface area contributed by atoms with E-state index in [4.69, 9.17) is 4.74 Å². The number of ether oxygens (including phenoxy) is 1. The molecule has 1 N–H and O–H groups in total. The van der Waals surface area contributed by atoms with E-state index in [-0.39, 0.29) is 17.9 Å². The Morgan fingerprint density at radius 3 is 2.69 bits per heavy atom. The van der Waals surface area contributed by atoms with Crippen molar-refractivity contribution in [3.05, 3.63) is 30.1 Å². The first-order chi connectivity index (χ1) is 13.9. The van der Waals surface area contributed by atoms with Crippen LogP contribution in [0, 0.1) is 5.92 Å². The molecule has 0 unspecified atom stereocenters. The Hall–Kier alpha value is -0.850. The Bertz CT molecular complexity index is 996. The topological polar surface area (TPSA) is 90.3 Å². The fraction of sp³-hybridized carbons (Fsp3) is 0.579. The third-order valence-electron chi connectivity index (χ3n) is 6.20. The number of rotatable bonds is 6.